The fraction of sp³-hybridized carbons (Fsp3) is 0.400. The standard InChI is InChI=1S/C25H31N3O3S/c1-20-19-23(9-10-24(20)27-14-5-6-15-27)26-25(29)22-11-16-28(17-12-22)32(30,31)18-13-21-7-3-2-4-8-21/h2-4,7-10,13,18-19,22H,5-6,11-12,14-17H2,1H3,(H,26,29). The molecule has 0 aromatic heterocycles. The van der Waals surface area contributed by atoms with E-state index in [9.17, 15) is 13.2 Å². The molecule has 1 N–H and O–H groups in total. The van der Waals surface area contributed by atoms with Crippen LogP contribution < -0.4 is 10.2 Å². The second kappa shape index (κ2) is 9.88. The van der Waals surface area contributed by atoms with Gasteiger partial charge in [0.15, 0.2) is 0 Å². The quantitative estimate of drug-likeness (QED) is 0.710. The van der Waals surface area contributed by atoms with Gasteiger partial charge in [-0.2, -0.15) is 4.31 Å². The molecule has 2 aliphatic rings. The van der Waals surface area contributed by atoms with Gasteiger partial charge >= 0.3 is 0 Å². The summed E-state index contributed by atoms with van der Waals surface area (Å²) in [4.78, 5) is 15.2. The Kier molecular flexibility index (Phi) is 6.96. The van der Waals surface area contributed by atoms with E-state index in [1.165, 1.54) is 28.2 Å². The van der Waals surface area contributed by atoms with Crippen LogP contribution in [0, 0.1) is 12.8 Å². The number of nitrogens with one attached hydrogen (secondary N) is 1. The summed E-state index contributed by atoms with van der Waals surface area (Å²) in [5, 5.41) is 4.29. The van der Waals surface area contributed by atoms with E-state index < -0.39 is 10.0 Å². The highest BCUT2D eigenvalue weighted by atomic mass is 32.2. The minimum atomic E-state index is -3.49. The number of carbonyl (C=O) groups excluding carboxylic acids is 1. The highest BCUT2D eigenvalue weighted by Gasteiger charge is 2.30. The Balaban J connectivity index is 1.31. The number of amides is 1. The van der Waals surface area contributed by atoms with Crippen molar-refractivity contribution in [2.24, 2.45) is 5.92 Å². The maximum absolute atomic E-state index is 12.8. The fourth-order valence-electron chi connectivity index (χ4n) is 4.48. The number of hydrogen-bond donors (Lipinski definition) is 1. The van der Waals surface area contributed by atoms with Crippen LogP contribution in [0.2, 0.25) is 0 Å². The van der Waals surface area contributed by atoms with E-state index in [2.05, 4.69) is 23.2 Å². The molecule has 2 aromatic rings. The van der Waals surface area contributed by atoms with Gasteiger partial charge in [0.25, 0.3) is 0 Å². The third kappa shape index (κ3) is 5.40. The maximum atomic E-state index is 12.8. The molecule has 7 heteroatoms. The van der Waals surface area contributed by atoms with Gasteiger partial charge in [-0.25, -0.2) is 8.42 Å². The van der Waals surface area contributed by atoms with E-state index in [-0.39, 0.29) is 11.8 Å². The molecule has 2 heterocycles. The Labute approximate surface area is 191 Å². The van der Waals surface area contributed by atoms with Crippen molar-refractivity contribution in [2.75, 3.05) is 36.4 Å². The highest BCUT2D eigenvalue weighted by molar-refractivity contribution is 7.92. The van der Waals surface area contributed by atoms with Crippen LogP contribution in [-0.2, 0) is 14.8 Å². The molecule has 0 aliphatic carbocycles. The van der Waals surface area contributed by atoms with Gasteiger partial charge in [-0.05, 0) is 68.0 Å². The SMILES string of the molecule is Cc1cc(NC(=O)C2CCN(S(=O)(=O)C=Cc3ccccc3)CC2)ccc1N1CCCC1. The number of nitrogens with zero attached hydrogens (tertiary/aromatic N) is 2. The Morgan fingerprint density at radius 1 is 1.00 bits per heavy atom. The normalized spacial score (nSPS) is 18.3. The lowest BCUT2D eigenvalue weighted by molar-refractivity contribution is -0.120. The smallest absolute Gasteiger partial charge is 0.236 e. The van der Waals surface area contributed by atoms with E-state index >= 15 is 0 Å². The zero-order valence-corrected chi connectivity index (χ0v) is 19.4. The second-order valence-electron chi connectivity index (χ2n) is 8.62. The predicted octanol–water partition coefficient (Wildman–Crippen LogP) is 4.25. The first-order valence-corrected chi connectivity index (χ1v) is 12.8. The van der Waals surface area contributed by atoms with Crippen molar-refractivity contribution < 1.29 is 13.2 Å². The van der Waals surface area contributed by atoms with Gasteiger partial charge < -0.3 is 10.2 Å². The minimum Gasteiger partial charge on any atom is -0.371 e. The average Bonchev–Trinajstić information content (AvgIpc) is 3.33. The van der Waals surface area contributed by atoms with Crippen LogP contribution in [0.15, 0.2) is 53.9 Å². The molecule has 0 unspecified atom stereocenters. The Bertz CT molecular complexity index is 1070. The van der Waals surface area contributed by atoms with Crippen molar-refractivity contribution in [3.63, 3.8) is 0 Å². The average molecular weight is 454 g/mol. The summed E-state index contributed by atoms with van der Waals surface area (Å²) in [6.45, 7) is 4.97. The van der Waals surface area contributed by atoms with Crippen molar-refractivity contribution in [1.29, 1.82) is 0 Å². The van der Waals surface area contributed by atoms with Crippen molar-refractivity contribution in [1.82, 2.24) is 4.31 Å². The van der Waals surface area contributed by atoms with Crippen LogP contribution in [0.25, 0.3) is 6.08 Å². The first kappa shape index (κ1) is 22.6. The molecule has 0 spiro atoms. The third-order valence-electron chi connectivity index (χ3n) is 6.33. The van der Waals surface area contributed by atoms with Crippen molar-refractivity contribution in [3.05, 3.63) is 65.1 Å². The number of anilines is 2. The molecular weight excluding hydrogens is 422 g/mol. The van der Waals surface area contributed by atoms with Gasteiger partial charge in [0.05, 0.1) is 0 Å². The van der Waals surface area contributed by atoms with Crippen LogP contribution in [0.3, 0.4) is 0 Å². The van der Waals surface area contributed by atoms with E-state index in [1.54, 1.807) is 6.08 Å². The van der Waals surface area contributed by atoms with Crippen LogP contribution >= 0.6 is 0 Å². The molecule has 2 aromatic carbocycles. The molecule has 2 aliphatic heterocycles. The number of sulfonamides is 1. The van der Waals surface area contributed by atoms with Crippen LogP contribution in [0.4, 0.5) is 11.4 Å². The molecule has 6 nitrogen and oxygen atoms in total. The molecule has 0 atom stereocenters. The molecule has 4 rings (SSSR count). The molecule has 0 saturated carbocycles. The lowest BCUT2D eigenvalue weighted by atomic mass is 9.97. The highest BCUT2D eigenvalue weighted by Crippen LogP contribution is 2.28. The fourth-order valence-corrected chi connectivity index (χ4v) is 5.70. The molecule has 2 saturated heterocycles. The largest absolute Gasteiger partial charge is 0.371 e. The van der Waals surface area contributed by atoms with E-state index in [0.717, 1.165) is 29.9 Å². The zero-order chi connectivity index (χ0) is 22.6. The summed E-state index contributed by atoms with van der Waals surface area (Å²) in [6, 6.07) is 15.4. The Morgan fingerprint density at radius 2 is 1.69 bits per heavy atom. The number of hydrogen-bond acceptors (Lipinski definition) is 4. The first-order valence-electron chi connectivity index (χ1n) is 11.3. The summed E-state index contributed by atoms with van der Waals surface area (Å²) >= 11 is 0. The lowest BCUT2D eigenvalue weighted by Crippen LogP contribution is -2.40. The summed E-state index contributed by atoms with van der Waals surface area (Å²) in [6.07, 6.45) is 5.12. The minimum absolute atomic E-state index is 0.0322. The first-order chi connectivity index (χ1) is 15.4. The lowest BCUT2D eigenvalue weighted by Gasteiger charge is -2.29. The number of benzene rings is 2. The van der Waals surface area contributed by atoms with E-state index in [4.69, 9.17) is 0 Å². The van der Waals surface area contributed by atoms with Crippen molar-refractivity contribution >= 4 is 33.4 Å². The number of rotatable bonds is 6. The molecule has 170 valence electrons. The predicted molar refractivity (Wildman–Crippen MR) is 130 cm³/mol. The third-order valence-corrected chi connectivity index (χ3v) is 7.89. The Morgan fingerprint density at radius 3 is 2.34 bits per heavy atom. The monoisotopic (exact) mass is 453 g/mol. The number of carbonyl (C=O) groups is 1. The van der Waals surface area contributed by atoms with Gasteiger partial charge in [0.1, 0.15) is 0 Å². The summed E-state index contributed by atoms with van der Waals surface area (Å²) in [7, 11) is -3.49. The molecule has 32 heavy (non-hydrogen) atoms. The second-order valence-corrected chi connectivity index (χ2v) is 10.4. The molecule has 2 fully saturated rings. The van der Waals surface area contributed by atoms with E-state index in [1.807, 2.05) is 42.5 Å². The number of aryl methyl sites for hydroxylation is 1. The molecule has 1 amide bonds. The summed E-state index contributed by atoms with van der Waals surface area (Å²) in [5.74, 6) is -0.215. The van der Waals surface area contributed by atoms with Gasteiger partial charge in [-0.15, -0.1) is 0 Å². The molecule has 0 radical (unpaired) electrons. The van der Waals surface area contributed by atoms with Crippen molar-refractivity contribution in [2.45, 2.75) is 32.6 Å². The topological polar surface area (TPSA) is 69.7 Å². The zero-order valence-electron chi connectivity index (χ0n) is 18.5. The van der Waals surface area contributed by atoms with E-state index in [0.29, 0.717) is 25.9 Å². The van der Waals surface area contributed by atoms with Gasteiger partial charge in [-0.3, -0.25) is 4.79 Å². The maximum Gasteiger partial charge on any atom is 0.236 e. The van der Waals surface area contributed by atoms with Gasteiger partial charge in [0.2, 0.25) is 15.9 Å². The Hall–Kier alpha value is -2.64. The van der Waals surface area contributed by atoms with Gasteiger partial charge in [0, 0.05) is 48.9 Å². The molecule has 0 bridgehead atoms. The van der Waals surface area contributed by atoms with Crippen molar-refractivity contribution in [3.8, 4) is 0 Å². The summed E-state index contributed by atoms with van der Waals surface area (Å²) in [5.41, 5.74) is 4.05. The van der Waals surface area contributed by atoms with Crippen LogP contribution in [0.5, 0.6) is 0 Å². The van der Waals surface area contributed by atoms with Crippen LogP contribution in [-0.4, -0.2) is 44.8 Å². The summed E-state index contributed by atoms with van der Waals surface area (Å²) < 4.78 is 26.7. The van der Waals surface area contributed by atoms with Crippen LogP contribution in [0.1, 0.15) is 36.8 Å². The molecular formula is C25H31N3O3S. The van der Waals surface area contributed by atoms with Gasteiger partial charge in [-0.1, -0.05) is 30.3 Å². The number of piperidine rings is 1.